The molecule has 5 nitrogen and oxygen atoms in total. The molecule has 0 amide bonds. The van der Waals surface area contributed by atoms with Gasteiger partial charge in [0.25, 0.3) is 10.0 Å². The Labute approximate surface area is 150 Å². The molecule has 2 aromatic carbocycles. The van der Waals surface area contributed by atoms with Crippen LogP contribution in [0.3, 0.4) is 0 Å². The fourth-order valence-electron chi connectivity index (χ4n) is 2.55. The molecule has 0 bridgehead atoms. The Morgan fingerprint density at radius 1 is 1.33 bits per heavy atom. The smallest absolute Gasteiger partial charge is 0.263 e. The van der Waals surface area contributed by atoms with Gasteiger partial charge in [-0.15, -0.1) is 0 Å². The van der Waals surface area contributed by atoms with E-state index in [4.69, 9.17) is 4.74 Å². The van der Waals surface area contributed by atoms with Crippen LogP contribution in [-0.4, -0.2) is 21.1 Å². The predicted molar refractivity (Wildman–Crippen MR) is 99.4 cm³/mol. The van der Waals surface area contributed by atoms with Crippen molar-refractivity contribution in [2.24, 2.45) is 0 Å². The van der Waals surface area contributed by atoms with Gasteiger partial charge in [-0.1, -0.05) is 19.1 Å². The molecule has 1 atom stereocenters. The summed E-state index contributed by atoms with van der Waals surface area (Å²) in [5.74, 6) is 0.541. The minimum atomic E-state index is -3.72. The standard InChI is InChI=1S/C17H19BrN2O3S/c1-3-12-5-4-6-13(7-12)20-24(21,22)17-9-16-15(8-14(17)18)19-10-11(2)23-16/h4-9,11,19-20H,3,10H2,1-2H3. The summed E-state index contributed by atoms with van der Waals surface area (Å²) in [4.78, 5) is 0.152. The van der Waals surface area contributed by atoms with Crippen molar-refractivity contribution < 1.29 is 13.2 Å². The van der Waals surface area contributed by atoms with Crippen LogP contribution < -0.4 is 14.8 Å². The number of halogens is 1. The molecule has 0 radical (unpaired) electrons. The van der Waals surface area contributed by atoms with Crippen LogP contribution in [0.25, 0.3) is 0 Å². The highest BCUT2D eigenvalue weighted by Gasteiger charge is 2.24. The van der Waals surface area contributed by atoms with E-state index >= 15 is 0 Å². The molecule has 0 fully saturated rings. The number of aryl methyl sites for hydroxylation is 1. The van der Waals surface area contributed by atoms with Crippen LogP contribution in [0.4, 0.5) is 11.4 Å². The highest BCUT2D eigenvalue weighted by Crippen LogP contribution is 2.37. The van der Waals surface area contributed by atoms with Crippen LogP contribution in [0.15, 0.2) is 45.8 Å². The first-order valence-corrected chi connectivity index (χ1v) is 10.0. The zero-order chi connectivity index (χ0) is 17.3. The van der Waals surface area contributed by atoms with Gasteiger partial charge in [-0.05, 0) is 53.0 Å². The van der Waals surface area contributed by atoms with Gasteiger partial charge < -0.3 is 10.1 Å². The van der Waals surface area contributed by atoms with Gasteiger partial charge in [0.15, 0.2) is 0 Å². The average Bonchev–Trinajstić information content (AvgIpc) is 2.54. The topological polar surface area (TPSA) is 67.4 Å². The largest absolute Gasteiger partial charge is 0.487 e. The molecule has 1 heterocycles. The molecule has 0 saturated heterocycles. The van der Waals surface area contributed by atoms with E-state index in [-0.39, 0.29) is 11.0 Å². The van der Waals surface area contributed by atoms with Crippen molar-refractivity contribution >= 4 is 37.3 Å². The quantitative estimate of drug-likeness (QED) is 0.798. The van der Waals surface area contributed by atoms with Gasteiger partial charge in [0.05, 0.1) is 12.2 Å². The molecular formula is C17H19BrN2O3S. The van der Waals surface area contributed by atoms with E-state index in [9.17, 15) is 8.42 Å². The Bertz CT molecular complexity index is 868. The van der Waals surface area contributed by atoms with Crippen LogP contribution in [0, 0.1) is 0 Å². The van der Waals surface area contributed by atoms with E-state index in [0.29, 0.717) is 22.5 Å². The summed E-state index contributed by atoms with van der Waals surface area (Å²) < 4.78 is 34.4. The third kappa shape index (κ3) is 3.52. The summed E-state index contributed by atoms with van der Waals surface area (Å²) in [6, 6.07) is 10.7. The summed E-state index contributed by atoms with van der Waals surface area (Å²) >= 11 is 3.35. The maximum atomic E-state index is 12.8. The Morgan fingerprint density at radius 3 is 2.88 bits per heavy atom. The normalized spacial score (nSPS) is 16.7. The van der Waals surface area contributed by atoms with E-state index in [1.165, 1.54) is 0 Å². The Hall–Kier alpha value is -1.73. The molecule has 3 rings (SSSR count). The maximum absolute atomic E-state index is 12.8. The van der Waals surface area contributed by atoms with Gasteiger partial charge in [0, 0.05) is 16.2 Å². The minimum absolute atomic E-state index is 0.0107. The number of ether oxygens (including phenoxy) is 1. The molecule has 0 spiro atoms. The van der Waals surface area contributed by atoms with Crippen molar-refractivity contribution in [3.8, 4) is 5.75 Å². The summed E-state index contributed by atoms with van der Waals surface area (Å²) in [6.07, 6.45) is 0.832. The monoisotopic (exact) mass is 410 g/mol. The lowest BCUT2D eigenvalue weighted by Gasteiger charge is -2.25. The third-order valence-electron chi connectivity index (χ3n) is 3.82. The highest BCUT2D eigenvalue weighted by molar-refractivity contribution is 9.10. The Balaban J connectivity index is 1.96. The zero-order valence-electron chi connectivity index (χ0n) is 13.5. The highest BCUT2D eigenvalue weighted by atomic mass is 79.9. The summed E-state index contributed by atoms with van der Waals surface area (Å²) in [5, 5.41) is 3.23. The number of nitrogens with one attached hydrogen (secondary N) is 2. The maximum Gasteiger partial charge on any atom is 0.263 e. The molecule has 1 unspecified atom stereocenters. The van der Waals surface area contributed by atoms with Gasteiger partial charge in [-0.2, -0.15) is 0 Å². The zero-order valence-corrected chi connectivity index (χ0v) is 15.9. The number of hydrogen-bond acceptors (Lipinski definition) is 4. The molecule has 24 heavy (non-hydrogen) atoms. The van der Waals surface area contributed by atoms with Crippen LogP contribution in [0.1, 0.15) is 19.4 Å². The predicted octanol–water partition coefficient (Wildman–Crippen LogP) is 4.01. The molecule has 1 aliphatic heterocycles. The molecule has 0 aliphatic carbocycles. The van der Waals surface area contributed by atoms with Gasteiger partial charge in [-0.25, -0.2) is 8.42 Å². The van der Waals surface area contributed by atoms with E-state index < -0.39 is 10.0 Å². The third-order valence-corrected chi connectivity index (χ3v) is 6.16. The second-order valence-corrected chi connectivity index (χ2v) is 8.25. The number of rotatable bonds is 4. The molecule has 128 valence electrons. The lowest BCUT2D eigenvalue weighted by molar-refractivity contribution is 0.225. The SMILES string of the molecule is CCc1cccc(NS(=O)(=O)c2cc3c(cc2Br)NCC(C)O3)c1. The lowest BCUT2D eigenvalue weighted by atomic mass is 10.1. The van der Waals surface area contributed by atoms with Crippen molar-refractivity contribution in [2.45, 2.75) is 31.3 Å². The first kappa shape index (κ1) is 17.1. The van der Waals surface area contributed by atoms with Crippen LogP contribution >= 0.6 is 15.9 Å². The molecule has 2 aromatic rings. The van der Waals surface area contributed by atoms with Crippen LogP contribution in [0.5, 0.6) is 5.75 Å². The number of hydrogen-bond donors (Lipinski definition) is 2. The van der Waals surface area contributed by atoms with Gasteiger partial charge in [0.2, 0.25) is 0 Å². The number of fused-ring (bicyclic) bond motifs is 1. The lowest BCUT2D eigenvalue weighted by Crippen LogP contribution is -2.28. The number of benzene rings is 2. The second kappa shape index (κ2) is 6.64. The van der Waals surface area contributed by atoms with E-state index in [0.717, 1.165) is 17.7 Å². The molecule has 0 saturated carbocycles. The van der Waals surface area contributed by atoms with Crippen molar-refractivity contribution in [1.82, 2.24) is 0 Å². The van der Waals surface area contributed by atoms with Crippen LogP contribution in [-0.2, 0) is 16.4 Å². The van der Waals surface area contributed by atoms with Crippen molar-refractivity contribution in [3.63, 3.8) is 0 Å². The molecular weight excluding hydrogens is 392 g/mol. The first-order valence-electron chi connectivity index (χ1n) is 7.75. The van der Waals surface area contributed by atoms with Gasteiger partial charge in [-0.3, -0.25) is 4.72 Å². The van der Waals surface area contributed by atoms with E-state index in [1.807, 2.05) is 32.0 Å². The summed E-state index contributed by atoms with van der Waals surface area (Å²) in [5.41, 5.74) is 2.40. The Kier molecular flexibility index (Phi) is 4.73. The minimum Gasteiger partial charge on any atom is -0.487 e. The molecule has 2 N–H and O–H groups in total. The number of sulfonamides is 1. The first-order chi connectivity index (χ1) is 11.4. The summed E-state index contributed by atoms with van der Waals surface area (Å²) in [7, 11) is -3.72. The average molecular weight is 411 g/mol. The number of anilines is 2. The molecule has 7 heteroatoms. The fourth-order valence-corrected chi connectivity index (χ4v) is 4.66. The van der Waals surface area contributed by atoms with Crippen molar-refractivity contribution in [3.05, 3.63) is 46.4 Å². The van der Waals surface area contributed by atoms with E-state index in [2.05, 4.69) is 26.0 Å². The van der Waals surface area contributed by atoms with E-state index in [1.54, 1.807) is 18.2 Å². The van der Waals surface area contributed by atoms with Gasteiger partial charge in [0.1, 0.15) is 16.7 Å². The fraction of sp³-hybridized carbons (Fsp3) is 0.294. The summed E-state index contributed by atoms with van der Waals surface area (Å²) in [6.45, 7) is 4.65. The van der Waals surface area contributed by atoms with Gasteiger partial charge >= 0.3 is 0 Å². The van der Waals surface area contributed by atoms with Crippen molar-refractivity contribution in [2.75, 3.05) is 16.6 Å². The molecule has 1 aliphatic rings. The second-order valence-electron chi connectivity index (χ2n) is 5.75. The van der Waals surface area contributed by atoms with Crippen molar-refractivity contribution in [1.29, 1.82) is 0 Å². The van der Waals surface area contributed by atoms with Crippen LogP contribution in [0.2, 0.25) is 0 Å². The Morgan fingerprint density at radius 2 is 2.12 bits per heavy atom. The molecule has 0 aromatic heterocycles.